The number of nitrogens with zero attached hydrogens (tertiary/aromatic N) is 1. The summed E-state index contributed by atoms with van der Waals surface area (Å²) < 4.78 is 46.0. The highest BCUT2D eigenvalue weighted by atomic mass is 19.5. The number of epoxide rings is 1. The summed E-state index contributed by atoms with van der Waals surface area (Å²) in [5, 5.41) is 0. The average molecular weight is 395 g/mol. The zero-order valence-corrected chi connectivity index (χ0v) is 16.0. The summed E-state index contributed by atoms with van der Waals surface area (Å²) in [4.78, 5) is 0. The fourth-order valence-corrected chi connectivity index (χ4v) is 4.38. The molecule has 0 spiro atoms. The van der Waals surface area contributed by atoms with E-state index < -0.39 is 7.25 Å². The van der Waals surface area contributed by atoms with Crippen molar-refractivity contribution in [1.29, 1.82) is 0 Å². The van der Waals surface area contributed by atoms with Crippen LogP contribution in [0.3, 0.4) is 0 Å². The molecule has 2 aromatic carbocycles. The molecular weight excluding hydrogens is 369 g/mol. The minimum atomic E-state index is -6.00. The van der Waals surface area contributed by atoms with Crippen molar-refractivity contribution in [2.75, 3.05) is 7.05 Å². The summed E-state index contributed by atoms with van der Waals surface area (Å²) >= 11 is 0. The lowest BCUT2D eigenvalue weighted by Gasteiger charge is -2.42. The molecule has 2 nitrogen and oxygen atoms in total. The highest BCUT2D eigenvalue weighted by Gasteiger charge is 2.54. The van der Waals surface area contributed by atoms with Crippen LogP contribution in [0.4, 0.5) is 17.3 Å². The fraction of sp³-hybridized carbons (Fsp3) is 0.429. The van der Waals surface area contributed by atoms with Gasteiger partial charge in [0.2, 0.25) is 0 Å². The maximum Gasteiger partial charge on any atom is 0.673 e. The van der Waals surface area contributed by atoms with Gasteiger partial charge in [-0.25, -0.2) is 0 Å². The van der Waals surface area contributed by atoms with Crippen molar-refractivity contribution in [2.24, 2.45) is 0 Å². The van der Waals surface area contributed by atoms with Crippen molar-refractivity contribution < 1.29 is 26.5 Å². The molecule has 2 aromatic rings. The van der Waals surface area contributed by atoms with Gasteiger partial charge in [0.25, 0.3) is 0 Å². The highest BCUT2D eigenvalue weighted by Crippen LogP contribution is 2.42. The molecule has 1 heterocycles. The standard InChI is InChI=1S/C21H26NO.BF4/c1-22(15-17-9-4-2-5-10-17,16-18-11-6-3-7-12-18)19-13-8-14-20-21(19)23-20;2-1(3,4)5/h2-7,9-12,19-21H,8,13-16H2,1H3;/q+1;-1/t19-,20+,21-;/m1./s1. The van der Waals surface area contributed by atoms with Gasteiger partial charge in [0.15, 0.2) is 0 Å². The van der Waals surface area contributed by atoms with E-state index in [1.54, 1.807) is 0 Å². The van der Waals surface area contributed by atoms with Crippen LogP contribution >= 0.6 is 0 Å². The van der Waals surface area contributed by atoms with E-state index in [0.717, 1.165) is 17.6 Å². The van der Waals surface area contributed by atoms with Crippen molar-refractivity contribution in [2.45, 2.75) is 50.6 Å². The van der Waals surface area contributed by atoms with E-state index in [1.807, 2.05) is 0 Å². The van der Waals surface area contributed by atoms with Crippen molar-refractivity contribution >= 4 is 7.25 Å². The first-order chi connectivity index (χ1) is 13.2. The van der Waals surface area contributed by atoms with Gasteiger partial charge in [0, 0.05) is 17.5 Å². The van der Waals surface area contributed by atoms with Crippen LogP contribution in [0.5, 0.6) is 0 Å². The third-order valence-electron chi connectivity index (χ3n) is 5.56. The van der Waals surface area contributed by atoms with Gasteiger partial charge in [0.1, 0.15) is 25.2 Å². The van der Waals surface area contributed by atoms with Crippen LogP contribution in [0.25, 0.3) is 0 Å². The number of likely N-dealkylation sites (N-methyl/N-ethyl adjacent to an activating group) is 1. The SMILES string of the molecule is C[N+](Cc1ccccc1)(Cc1ccccc1)[C@@H]1CCC[C@@H]2O[C@@H]21.F[B-](F)(F)F. The van der Waals surface area contributed by atoms with Crippen molar-refractivity contribution in [3.63, 3.8) is 0 Å². The van der Waals surface area contributed by atoms with Gasteiger partial charge in [0.05, 0.1) is 13.2 Å². The summed E-state index contributed by atoms with van der Waals surface area (Å²) in [6.45, 7) is 2.15. The van der Waals surface area contributed by atoms with Crippen LogP contribution in [0.1, 0.15) is 30.4 Å². The fourth-order valence-electron chi connectivity index (χ4n) is 4.38. The molecular formula is C21H26BF4NO. The zero-order valence-electron chi connectivity index (χ0n) is 16.0. The van der Waals surface area contributed by atoms with Crippen LogP contribution in [0.2, 0.25) is 0 Å². The molecule has 1 aliphatic carbocycles. The van der Waals surface area contributed by atoms with Crippen molar-refractivity contribution in [3.05, 3.63) is 71.8 Å². The molecule has 7 heteroatoms. The third kappa shape index (κ3) is 6.07. The van der Waals surface area contributed by atoms with Crippen molar-refractivity contribution in [3.8, 4) is 0 Å². The Bertz CT molecular complexity index is 694. The number of halogens is 4. The van der Waals surface area contributed by atoms with Crippen LogP contribution in [0.15, 0.2) is 60.7 Å². The van der Waals surface area contributed by atoms with E-state index in [-0.39, 0.29) is 0 Å². The lowest BCUT2D eigenvalue weighted by Crippen LogP contribution is -2.54. The quantitative estimate of drug-likeness (QED) is 0.284. The second-order valence-electron chi connectivity index (χ2n) is 7.90. The average Bonchev–Trinajstić information content (AvgIpc) is 3.41. The molecule has 2 aliphatic rings. The predicted octanol–water partition coefficient (Wildman–Crippen LogP) is 5.45. The van der Waals surface area contributed by atoms with E-state index >= 15 is 0 Å². The Morgan fingerprint density at radius 3 is 1.79 bits per heavy atom. The Labute approximate surface area is 163 Å². The normalized spacial score (nSPS) is 24.0. The molecule has 0 bridgehead atoms. The molecule has 0 amide bonds. The summed E-state index contributed by atoms with van der Waals surface area (Å²) in [5.74, 6) is 0. The third-order valence-corrected chi connectivity index (χ3v) is 5.56. The van der Waals surface area contributed by atoms with Gasteiger partial charge in [-0.1, -0.05) is 60.7 Å². The Morgan fingerprint density at radius 2 is 1.32 bits per heavy atom. The van der Waals surface area contributed by atoms with Gasteiger partial charge >= 0.3 is 7.25 Å². The molecule has 1 saturated heterocycles. The first-order valence-electron chi connectivity index (χ1n) is 9.69. The predicted molar refractivity (Wildman–Crippen MR) is 103 cm³/mol. The van der Waals surface area contributed by atoms with E-state index in [4.69, 9.17) is 4.74 Å². The summed E-state index contributed by atoms with van der Waals surface area (Å²) in [5.41, 5.74) is 2.85. The number of hydrogen-bond donors (Lipinski definition) is 0. The highest BCUT2D eigenvalue weighted by molar-refractivity contribution is 6.50. The summed E-state index contributed by atoms with van der Waals surface area (Å²) in [7, 11) is -3.57. The molecule has 2 fully saturated rings. The van der Waals surface area contributed by atoms with Crippen LogP contribution in [-0.4, -0.2) is 37.0 Å². The second-order valence-corrected chi connectivity index (χ2v) is 7.90. The Kier molecular flexibility index (Phi) is 6.45. The second kappa shape index (κ2) is 8.66. The topological polar surface area (TPSA) is 12.5 Å². The Hall–Kier alpha value is -1.86. The Morgan fingerprint density at radius 1 is 0.857 bits per heavy atom. The molecule has 28 heavy (non-hydrogen) atoms. The molecule has 0 unspecified atom stereocenters. The molecule has 1 saturated carbocycles. The molecule has 3 atom stereocenters. The van der Waals surface area contributed by atoms with Crippen LogP contribution in [0, 0.1) is 0 Å². The Balaban J connectivity index is 0.000000403. The van der Waals surface area contributed by atoms with Gasteiger partial charge in [-0.05, 0) is 12.8 Å². The zero-order chi connectivity index (χ0) is 20.2. The van der Waals surface area contributed by atoms with Gasteiger partial charge in [-0.2, -0.15) is 0 Å². The summed E-state index contributed by atoms with van der Waals surface area (Å²) in [6, 6.07) is 22.5. The van der Waals surface area contributed by atoms with Gasteiger partial charge in [-0.15, -0.1) is 0 Å². The molecule has 0 radical (unpaired) electrons. The van der Waals surface area contributed by atoms with Crippen LogP contribution in [-0.2, 0) is 17.8 Å². The van der Waals surface area contributed by atoms with E-state index in [1.165, 1.54) is 30.4 Å². The lowest BCUT2D eigenvalue weighted by molar-refractivity contribution is -0.960. The van der Waals surface area contributed by atoms with E-state index in [2.05, 4.69) is 67.7 Å². The maximum absolute atomic E-state index is 9.75. The number of benzene rings is 2. The lowest BCUT2D eigenvalue weighted by atomic mass is 9.91. The molecule has 0 aromatic heterocycles. The van der Waals surface area contributed by atoms with Crippen LogP contribution < -0.4 is 0 Å². The van der Waals surface area contributed by atoms with E-state index in [0.29, 0.717) is 18.2 Å². The number of hydrogen-bond acceptors (Lipinski definition) is 1. The maximum atomic E-state index is 9.75. The largest absolute Gasteiger partial charge is 0.673 e. The summed E-state index contributed by atoms with van der Waals surface area (Å²) in [6.07, 6.45) is 4.89. The molecule has 0 N–H and O–H groups in total. The van der Waals surface area contributed by atoms with Gasteiger partial charge in [-0.3, -0.25) is 0 Å². The first kappa shape index (κ1) is 20.9. The number of fused-ring (bicyclic) bond motifs is 1. The molecule has 4 rings (SSSR count). The number of rotatable bonds is 5. The molecule has 152 valence electrons. The monoisotopic (exact) mass is 395 g/mol. The van der Waals surface area contributed by atoms with E-state index in [9.17, 15) is 17.3 Å². The minimum Gasteiger partial charge on any atom is -0.418 e. The number of quaternary nitrogens is 1. The number of ether oxygens (including phenoxy) is 1. The molecule has 1 aliphatic heterocycles. The minimum absolute atomic E-state index is 0.487. The first-order valence-corrected chi connectivity index (χ1v) is 9.69. The smallest absolute Gasteiger partial charge is 0.418 e. The van der Waals surface area contributed by atoms with Gasteiger partial charge < -0.3 is 26.5 Å². The van der Waals surface area contributed by atoms with Crippen molar-refractivity contribution in [1.82, 2.24) is 0 Å².